The standard InChI is InChI=1S/C25H41N5O2.HI/c1-5-26-24(28-21-11-15-30(16-12-21)18-23(31)29(2)3)27-19-25(13-6-7-14-25)20-9-8-10-22(17-20)32-4;/h8-10,17,21H,5-7,11-16,18-19H2,1-4H3,(H2,26,27,28);1H. The monoisotopic (exact) mass is 571 g/mol. The van der Waals surface area contributed by atoms with Crippen molar-refractivity contribution in [2.75, 3.05) is 53.9 Å². The van der Waals surface area contributed by atoms with E-state index in [1.165, 1.54) is 31.2 Å². The third-order valence-corrected chi connectivity index (χ3v) is 6.91. The van der Waals surface area contributed by atoms with Crippen LogP contribution in [0.3, 0.4) is 0 Å². The lowest BCUT2D eigenvalue weighted by Gasteiger charge is -2.33. The first-order valence-electron chi connectivity index (χ1n) is 12.1. The molecule has 0 unspecified atom stereocenters. The van der Waals surface area contributed by atoms with Gasteiger partial charge in [-0.2, -0.15) is 0 Å². The van der Waals surface area contributed by atoms with E-state index in [0.717, 1.165) is 50.7 Å². The van der Waals surface area contributed by atoms with Gasteiger partial charge in [0.1, 0.15) is 5.75 Å². The molecule has 0 aromatic heterocycles. The number of ether oxygens (including phenoxy) is 1. The molecule has 0 bridgehead atoms. The van der Waals surface area contributed by atoms with Crippen molar-refractivity contribution in [1.29, 1.82) is 0 Å². The average molecular weight is 572 g/mol. The van der Waals surface area contributed by atoms with E-state index in [-0.39, 0.29) is 35.3 Å². The molecule has 3 rings (SSSR count). The number of halogens is 1. The Balaban J connectivity index is 0.00000385. The van der Waals surface area contributed by atoms with Gasteiger partial charge >= 0.3 is 0 Å². The maximum Gasteiger partial charge on any atom is 0.236 e. The van der Waals surface area contributed by atoms with Crippen molar-refractivity contribution in [2.24, 2.45) is 4.99 Å². The third-order valence-electron chi connectivity index (χ3n) is 6.91. The fourth-order valence-corrected chi connectivity index (χ4v) is 4.85. The maximum absolute atomic E-state index is 12.0. The van der Waals surface area contributed by atoms with Crippen molar-refractivity contribution in [3.8, 4) is 5.75 Å². The molecule has 1 aromatic carbocycles. The molecule has 1 saturated carbocycles. The first kappa shape index (κ1) is 27.7. The minimum Gasteiger partial charge on any atom is -0.497 e. The molecular weight excluding hydrogens is 529 g/mol. The van der Waals surface area contributed by atoms with Crippen LogP contribution in [0.25, 0.3) is 0 Å². The van der Waals surface area contributed by atoms with Gasteiger partial charge in [-0.05, 0) is 50.3 Å². The van der Waals surface area contributed by atoms with Crippen molar-refractivity contribution in [2.45, 2.75) is 56.9 Å². The molecule has 2 aliphatic rings. The summed E-state index contributed by atoms with van der Waals surface area (Å²) in [7, 11) is 5.37. The van der Waals surface area contributed by atoms with E-state index in [0.29, 0.717) is 12.6 Å². The number of carbonyl (C=O) groups is 1. The summed E-state index contributed by atoms with van der Waals surface area (Å²) in [5.74, 6) is 2.00. The third kappa shape index (κ3) is 7.73. The number of nitrogens with one attached hydrogen (secondary N) is 2. The van der Waals surface area contributed by atoms with Crippen molar-refractivity contribution in [3.05, 3.63) is 29.8 Å². The van der Waals surface area contributed by atoms with Crippen LogP contribution in [-0.2, 0) is 10.2 Å². The summed E-state index contributed by atoms with van der Waals surface area (Å²) < 4.78 is 5.48. The smallest absolute Gasteiger partial charge is 0.236 e. The Bertz CT molecular complexity index is 772. The van der Waals surface area contributed by atoms with Gasteiger partial charge in [0.25, 0.3) is 0 Å². The lowest BCUT2D eigenvalue weighted by Crippen LogP contribution is -2.50. The number of likely N-dealkylation sites (tertiary alicyclic amines) is 1. The van der Waals surface area contributed by atoms with Crippen LogP contribution in [0.1, 0.15) is 51.0 Å². The number of amides is 1. The van der Waals surface area contributed by atoms with E-state index in [9.17, 15) is 4.79 Å². The van der Waals surface area contributed by atoms with E-state index < -0.39 is 0 Å². The molecule has 1 aliphatic heterocycles. The fourth-order valence-electron chi connectivity index (χ4n) is 4.85. The van der Waals surface area contributed by atoms with Crippen LogP contribution in [0, 0.1) is 0 Å². The number of rotatable bonds is 8. The zero-order chi connectivity index (χ0) is 23.0. The number of likely N-dealkylation sites (N-methyl/N-ethyl adjacent to an activating group) is 1. The zero-order valence-electron chi connectivity index (χ0n) is 20.7. The summed E-state index contributed by atoms with van der Waals surface area (Å²) in [6, 6.07) is 8.91. The molecule has 1 heterocycles. The van der Waals surface area contributed by atoms with E-state index in [1.807, 2.05) is 20.2 Å². The number of benzene rings is 1. The molecule has 186 valence electrons. The molecule has 1 amide bonds. The van der Waals surface area contributed by atoms with Gasteiger partial charge in [0.05, 0.1) is 20.2 Å². The first-order valence-corrected chi connectivity index (χ1v) is 12.1. The topological polar surface area (TPSA) is 69.2 Å². The number of aliphatic imine (C=N–C) groups is 1. The highest BCUT2D eigenvalue weighted by atomic mass is 127. The number of guanidine groups is 1. The van der Waals surface area contributed by atoms with Crippen molar-refractivity contribution in [1.82, 2.24) is 20.4 Å². The Morgan fingerprint density at radius 3 is 2.55 bits per heavy atom. The van der Waals surface area contributed by atoms with Gasteiger partial charge in [0.15, 0.2) is 5.96 Å². The van der Waals surface area contributed by atoms with Gasteiger partial charge in [-0.3, -0.25) is 14.7 Å². The molecule has 2 fully saturated rings. The van der Waals surface area contributed by atoms with E-state index >= 15 is 0 Å². The van der Waals surface area contributed by atoms with Gasteiger partial charge in [-0.1, -0.05) is 25.0 Å². The number of hydrogen-bond donors (Lipinski definition) is 2. The lowest BCUT2D eigenvalue weighted by atomic mass is 9.79. The van der Waals surface area contributed by atoms with Crippen molar-refractivity contribution < 1.29 is 9.53 Å². The summed E-state index contributed by atoms with van der Waals surface area (Å²) in [5, 5.41) is 7.10. The van der Waals surface area contributed by atoms with Gasteiger partial charge in [0.2, 0.25) is 5.91 Å². The molecule has 8 heteroatoms. The Kier molecular flexibility index (Phi) is 11.2. The van der Waals surface area contributed by atoms with Crippen LogP contribution < -0.4 is 15.4 Å². The second-order valence-corrected chi connectivity index (χ2v) is 9.40. The largest absolute Gasteiger partial charge is 0.497 e. The Morgan fingerprint density at radius 2 is 1.94 bits per heavy atom. The second-order valence-electron chi connectivity index (χ2n) is 9.40. The first-order chi connectivity index (χ1) is 15.5. The molecular formula is C25H42IN5O2. The van der Waals surface area contributed by atoms with Crippen LogP contribution in [0.5, 0.6) is 5.75 Å². The SMILES string of the molecule is CCNC(=NCC1(c2cccc(OC)c2)CCCC1)NC1CCN(CC(=O)N(C)C)CC1.I. The van der Waals surface area contributed by atoms with Crippen LogP contribution in [0.15, 0.2) is 29.3 Å². The maximum atomic E-state index is 12.0. The van der Waals surface area contributed by atoms with Gasteiger partial charge < -0.3 is 20.3 Å². The molecule has 0 atom stereocenters. The van der Waals surface area contributed by atoms with Crippen molar-refractivity contribution >= 4 is 35.8 Å². The van der Waals surface area contributed by atoms with E-state index in [2.05, 4.69) is 40.7 Å². The Morgan fingerprint density at radius 1 is 1.24 bits per heavy atom. The Labute approximate surface area is 216 Å². The zero-order valence-corrected chi connectivity index (χ0v) is 23.1. The van der Waals surface area contributed by atoms with Crippen molar-refractivity contribution in [3.63, 3.8) is 0 Å². The number of methoxy groups -OCH3 is 1. The molecule has 7 nitrogen and oxygen atoms in total. The minimum absolute atomic E-state index is 0. The molecule has 0 spiro atoms. The highest BCUT2D eigenvalue weighted by molar-refractivity contribution is 14.0. The summed E-state index contributed by atoms with van der Waals surface area (Å²) >= 11 is 0. The predicted octanol–water partition coefficient (Wildman–Crippen LogP) is 3.23. The average Bonchev–Trinajstić information content (AvgIpc) is 3.29. The molecule has 1 aliphatic carbocycles. The Hall–Kier alpha value is -1.55. The summed E-state index contributed by atoms with van der Waals surface area (Å²) in [6.07, 6.45) is 6.88. The molecule has 1 saturated heterocycles. The summed E-state index contributed by atoms with van der Waals surface area (Å²) in [5.41, 5.74) is 1.43. The quantitative estimate of drug-likeness (QED) is 0.285. The summed E-state index contributed by atoms with van der Waals surface area (Å²) in [6.45, 7) is 6.12. The highest BCUT2D eigenvalue weighted by Crippen LogP contribution is 2.42. The molecule has 0 radical (unpaired) electrons. The van der Waals surface area contributed by atoms with Crippen LogP contribution >= 0.6 is 24.0 Å². The van der Waals surface area contributed by atoms with Gasteiger partial charge in [-0.15, -0.1) is 24.0 Å². The van der Waals surface area contributed by atoms with Crippen LogP contribution in [-0.4, -0.2) is 81.6 Å². The molecule has 33 heavy (non-hydrogen) atoms. The van der Waals surface area contributed by atoms with E-state index in [1.54, 1.807) is 12.0 Å². The number of piperidine rings is 1. The van der Waals surface area contributed by atoms with Crippen LogP contribution in [0.4, 0.5) is 0 Å². The predicted molar refractivity (Wildman–Crippen MR) is 146 cm³/mol. The van der Waals surface area contributed by atoms with Crippen LogP contribution in [0.2, 0.25) is 0 Å². The number of carbonyl (C=O) groups excluding carboxylic acids is 1. The summed E-state index contributed by atoms with van der Waals surface area (Å²) in [4.78, 5) is 21.0. The van der Waals surface area contributed by atoms with Gasteiger partial charge in [0, 0.05) is 45.2 Å². The van der Waals surface area contributed by atoms with E-state index in [4.69, 9.17) is 9.73 Å². The number of hydrogen-bond acceptors (Lipinski definition) is 4. The second kappa shape index (κ2) is 13.4. The normalized spacial score (nSPS) is 19.0. The highest BCUT2D eigenvalue weighted by Gasteiger charge is 2.36. The lowest BCUT2D eigenvalue weighted by molar-refractivity contribution is -0.130. The molecule has 1 aromatic rings. The minimum atomic E-state index is 0. The molecule has 2 N–H and O–H groups in total. The fraction of sp³-hybridized carbons (Fsp3) is 0.680. The van der Waals surface area contributed by atoms with Gasteiger partial charge in [-0.25, -0.2) is 0 Å². The number of nitrogens with zero attached hydrogens (tertiary/aromatic N) is 3.